The van der Waals surface area contributed by atoms with Crippen molar-refractivity contribution in [1.29, 1.82) is 0 Å². The van der Waals surface area contributed by atoms with Crippen LogP contribution in [0.1, 0.15) is 11.1 Å². The van der Waals surface area contributed by atoms with Crippen LogP contribution in [0.2, 0.25) is 0 Å². The van der Waals surface area contributed by atoms with Crippen LogP contribution in [0.15, 0.2) is 12.1 Å². The molecule has 64 valence electrons. The van der Waals surface area contributed by atoms with Crippen molar-refractivity contribution in [1.82, 2.24) is 0 Å². The monoisotopic (exact) mass is 170 g/mol. The molecule has 1 aliphatic heterocycles. The van der Waals surface area contributed by atoms with E-state index in [1.54, 1.807) is 0 Å². The molecule has 3 heteroatoms. The zero-order valence-corrected chi connectivity index (χ0v) is 6.44. The van der Waals surface area contributed by atoms with Gasteiger partial charge in [0.05, 0.1) is 13.2 Å². The molecule has 0 atom stereocenters. The van der Waals surface area contributed by atoms with Crippen molar-refractivity contribution in [2.75, 3.05) is 6.61 Å². The Bertz CT molecular complexity index is 279. The van der Waals surface area contributed by atoms with Crippen molar-refractivity contribution in [2.24, 2.45) is 0 Å². The molecule has 0 saturated carbocycles. The summed E-state index contributed by atoms with van der Waals surface area (Å²) in [5, 5.41) is 0. The lowest BCUT2D eigenvalue weighted by atomic mass is 10.0. The molecule has 0 saturated heterocycles. The van der Waals surface area contributed by atoms with E-state index in [0.717, 1.165) is 11.1 Å². The Kier molecular flexibility index (Phi) is 1.81. The number of hydrogen-bond acceptors (Lipinski definition) is 1. The number of rotatable bonds is 0. The second-order valence-electron chi connectivity index (χ2n) is 2.84. The van der Waals surface area contributed by atoms with Gasteiger partial charge in [-0.15, -0.1) is 0 Å². The van der Waals surface area contributed by atoms with Gasteiger partial charge in [-0.25, -0.2) is 8.78 Å². The molecule has 0 amide bonds. The molecule has 1 aliphatic rings. The number of benzene rings is 1. The van der Waals surface area contributed by atoms with E-state index >= 15 is 0 Å². The van der Waals surface area contributed by atoms with Gasteiger partial charge in [-0.05, 0) is 29.7 Å². The van der Waals surface area contributed by atoms with Crippen LogP contribution in [0.25, 0.3) is 0 Å². The van der Waals surface area contributed by atoms with E-state index in [4.69, 9.17) is 4.74 Å². The smallest absolute Gasteiger partial charge is 0.159 e. The molecule has 0 unspecified atom stereocenters. The van der Waals surface area contributed by atoms with Crippen molar-refractivity contribution >= 4 is 0 Å². The van der Waals surface area contributed by atoms with Crippen LogP contribution in [0, 0.1) is 11.6 Å². The minimum Gasteiger partial charge on any atom is -0.376 e. The summed E-state index contributed by atoms with van der Waals surface area (Å²) in [6.45, 7) is 0.991. The van der Waals surface area contributed by atoms with Gasteiger partial charge >= 0.3 is 0 Å². The molecule has 2 rings (SSSR count). The SMILES string of the molecule is Fc1cc2c(cc1F)COCC2. The van der Waals surface area contributed by atoms with Gasteiger partial charge in [-0.2, -0.15) is 0 Å². The molecule has 1 aromatic rings. The number of fused-ring (bicyclic) bond motifs is 1. The number of ether oxygens (including phenoxy) is 1. The maximum atomic E-state index is 12.7. The molecule has 0 fully saturated rings. The van der Waals surface area contributed by atoms with Crippen molar-refractivity contribution in [3.63, 3.8) is 0 Å². The summed E-state index contributed by atoms with van der Waals surface area (Å²) in [7, 11) is 0. The van der Waals surface area contributed by atoms with Crippen LogP contribution in [-0.2, 0) is 17.8 Å². The number of hydrogen-bond donors (Lipinski definition) is 0. The standard InChI is InChI=1S/C9H8F2O/c10-8-3-6-1-2-12-5-7(6)4-9(8)11/h3-4H,1-2,5H2. The molecule has 12 heavy (non-hydrogen) atoms. The van der Waals surface area contributed by atoms with Crippen LogP contribution in [0.4, 0.5) is 8.78 Å². The summed E-state index contributed by atoms with van der Waals surface area (Å²) in [5.41, 5.74) is 1.63. The normalized spacial score (nSPS) is 15.8. The lowest BCUT2D eigenvalue weighted by Crippen LogP contribution is -2.10. The molecule has 0 aromatic heterocycles. The first kappa shape index (κ1) is 7.68. The Balaban J connectivity index is 2.49. The third-order valence-electron chi connectivity index (χ3n) is 2.02. The maximum Gasteiger partial charge on any atom is 0.159 e. The molecule has 0 bridgehead atoms. The zero-order valence-electron chi connectivity index (χ0n) is 6.44. The highest BCUT2D eigenvalue weighted by atomic mass is 19.2. The van der Waals surface area contributed by atoms with E-state index in [1.165, 1.54) is 12.1 Å². The summed E-state index contributed by atoms with van der Waals surface area (Å²) in [5.74, 6) is -1.56. The predicted octanol–water partition coefficient (Wildman–Crippen LogP) is 2.04. The Morgan fingerprint density at radius 1 is 1.08 bits per heavy atom. The van der Waals surface area contributed by atoms with Gasteiger partial charge in [0, 0.05) is 0 Å². The van der Waals surface area contributed by atoms with Gasteiger partial charge in [0.25, 0.3) is 0 Å². The summed E-state index contributed by atoms with van der Waals surface area (Å²) in [4.78, 5) is 0. The average Bonchev–Trinajstić information content (AvgIpc) is 2.07. The summed E-state index contributed by atoms with van der Waals surface area (Å²) < 4.78 is 30.5. The van der Waals surface area contributed by atoms with Crippen LogP contribution >= 0.6 is 0 Å². The Labute approximate surface area is 69.0 Å². The maximum absolute atomic E-state index is 12.7. The van der Waals surface area contributed by atoms with Crippen molar-refractivity contribution in [3.05, 3.63) is 34.9 Å². The topological polar surface area (TPSA) is 9.23 Å². The van der Waals surface area contributed by atoms with Crippen molar-refractivity contribution in [3.8, 4) is 0 Å². The summed E-state index contributed by atoms with van der Waals surface area (Å²) in [6, 6.07) is 2.47. The summed E-state index contributed by atoms with van der Waals surface area (Å²) in [6.07, 6.45) is 0.673. The van der Waals surface area contributed by atoms with E-state index in [0.29, 0.717) is 19.6 Å². The van der Waals surface area contributed by atoms with Gasteiger partial charge in [-0.3, -0.25) is 0 Å². The first-order chi connectivity index (χ1) is 5.77. The molecular formula is C9H8F2O. The lowest BCUT2D eigenvalue weighted by Gasteiger charge is -2.15. The first-order valence-corrected chi connectivity index (χ1v) is 3.82. The van der Waals surface area contributed by atoms with E-state index in [1.807, 2.05) is 0 Å². The van der Waals surface area contributed by atoms with Crippen molar-refractivity contribution < 1.29 is 13.5 Å². The van der Waals surface area contributed by atoms with Gasteiger partial charge < -0.3 is 4.74 Å². The molecule has 0 aliphatic carbocycles. The highest BCUT2D eigenvalue weighted by Gasteiger charge is 2.13. The zero-order chi connectivity index (χ0) is 8.55. The fourth-order valence-corrected chi connectivity index (χ4v) is 1.36. The fraction of sp³-hybridized carbons (Fsp3) is 0.333. The molecule has 0 N–H and O–H groups in total. The van der Waals surface area contributed by atoms with Gasteiger partial charge in [0.1, 0.15) is 0 Å². The Hall–Kier alpha value is -0.960. The van der Waals surface area contributed by atoms with Gasteiger partial charge in [0.15, 0.2) is 11.6 Å². The van der Waals surface area contributed by atoms with E-state index in [-0.39, 0.29) is 0 Å². The second-order valence-corrected chi connectivity index (χ2v) is 2.84. The average molecular weight is 170 g/mol. The third kappa shape index (κ3) is 1.20. The number of halogens is 2. The van der Waals surface area contributed by atoms with Crippen LogP contribution < -0.4 is 0 Å². The predicted molar refractivity (Wildman–Crippen MR) is 39.7 cm³/mol. The van der Waals surface area contributed by atoms with Gasteiger partial charge in [0.2, 0.25) is 0 Å². The van der Waals surface area contributed by atoms with E-state index in [2.05, 4.69) is 0 Å². The molecule has 1 nitrogen and oxygen atoms in total. The van der Waals surface area contributed by atoms with E-state index in [9.17, 15) is 8.78 Å². The Morgan fingerprint density at radius 3 is 2.50 bits per heavy atom. The lowest BCUT2D eigenvalue weighted by molar-refractivity contribution is 0.110. The quantitative estimate of drug-likeness (QED) is 0.579. The van der Waals surface area contributed by atoms with Gasteiger partial charge in [-0.1, -0.05) is 0 Å². The molecular weight excluding hydrogens is 162 g/mol. The van der Waals surface area contributed by atoms with Crippen LogP contribution in [-0.4, -0.2) is 6.61 Å². The summed E-state index contributed by atoms with van der Waals surface area (Å²) >= 11 is 0. The van der Waals surface area contributed by atoms with Crippen LogP contribution in [0.3, 0.4) is 0 Å². The minimum atomic E-state index is -0.792. The fourth-order valence-electron chi connectivity index (χ4n) is 1.36. The molecule has 1 heterocycles. The Morgan fingerprint density at radius 2 is 1.75 bits per heavy atom. The highest BCUT2D eigenvalue weighted by molar-refractivity contribution is 5.29. The van der Waals surface area contributed by atoms with Crippen LogP contribution in [0.5, 0.6) is 0 Å². The molecule has 0 spiro atoms. The molecule has 0 radical (unpaired) electrons. The minimum absolute atomic E-state index is 0.395. The first-order valence-electron chi connectivity index (χ1n) is 3.82. The van der Waals surface area contributed by atoms with E-state index < -0.39 is 11.6 Å². The molecule has 1 aromatic carbocycles. The largest absolute Gasteiger partial charge is 0.376 e. The highest BCUT2D eigenvalue weighted by Crippen LogP contribution is 2.19. The van der Waals surface area contributed by atoms with Crippen molar-refractivity contribution in [2.45, 2.75) is 13.0 Å². The second kappa shape index (κ2) is 2.83. The third-order valence-corrected chi connectivity index (χ3v) is 2.02.